The van der Waals surface area contributed by atoms with Crippen molar-refractivity contribution in [2.45, 2.75) is 52.6 Å². The van der Waals surface area contributed by atoms with Gasteiger partial charge in [-0.25, -0.2) is 0 Å². The molecule has 1 N–H and O–H groups in total. The van der Waals surface area contributed by atoms with Crippen molar-refractivity contribution in [1.29, 1.82) is 0 Å². The molecule has 0 aliphatic rings. The molecule has 2 rings (SSSR count). The predicted octanol–water partition coefficient (Wildman–Crippen LogP) is 6.23. The Hall–Kier alpha value is -1.80. The number of hydrogen-bond donors (Lipinski definition) is 1. The predicted molar refractivity (Wildman–Crippen MR) is 99.3 cm³/mol. The van der Waals surface area contributed by atoms with E-state index in [1.165, 1.54) is 36.8 Å². The van der Waals surface area contributed by atoms with Crippen molar-refractivity contribution in [1.82, 2.24) is 0 Å². The van der Waals surface area contributed by atoms with Gasteiger partial charge in [-0.2, -0.15) is 0 Å². The van der Waals surface area contributed by atoms with Gasteiger partial charge in [0.15, 0.2) is 0 Å². The van der Waals surface area contributed by atoms with Crippen molar-refractivity contribution in [2.24, 2.45) is 0 Å². The summed E-state index contributed by atoms with van der Waals surface area (Å²) in [7, 11) is 0. The average molecular weight is 311 g/mol. The maximum absolute atomic E-state index is 5.86. The molecule has 0 saturated heterocycles. The molecule has 0 aromatic heterocycles. The molecule has 0 unspecified atom stereocenters. The normalized spacial score (nSPS) is 10.7. The molecule has 0 aliphatic heterocycles. The molecule has 2 nitrogen and oxygen atoms in total. The number of rotatable bonds is 10. The van der Waals surface area contributed by atoms with Crippen LogP contribution >= 0.6 is 0 Å². The molecule has 124 valence electrons. The first-order valence-electron chi connectivity index (χ1n) is 8.79. The summed E-state index contributed by atoms with van der Waals surface area (Å²) >= 11 is 0. The number of ether oxygens (including phenoxy) is 1. The van der Waals surface area contributed by atoms with Gasteiger partial charge >= 0.3 is 0 Å². The Kier molecular flexibility index (Phi) is 7.68. The summed E-state index contributed by atoms with van der Waals surface area (Å²) < 4.78 is 5.86. The van der Waals surface area contributed by atoms with Crippen LogP contribution in [0.3, 0.4) is 0 Å². The van der Waals surface area contributed by atoms with Gasteiger partial charge in [-0.3, -0.25) is 0 Å². The highest BCUT2D eigenvalue weighted by atomic mass is 16.5. The van der Waals surface area contributed by atoms with Crippen molar-refractivity contribution in [3.8, 4) is 0 Å². The summed E-state index contributed by atoms with van der Waals surface area (Å²) in [5.41, 5.74) is 4.72. The Morgan fingerprint density at radius 3 is 2.39 bits per heavy atom. The summed E-state index contributed by atoms with van der Waals surface area (Å²) in [5, 5.41) is 3.49. The zero-order valence-corrected chi connectivity index (χ0v) is 14.5. The van der Waals surface area contributed by atoms with Crippen molar-refractivity contribution in [3.05, 3.63) is 59.7 Å². The lowest BCUT2D eigenvalue weighted by Gasteiger charge is -2.13. The first kappa shape index (κ1) is 17.6. The van der Waals surface area contributed by atoms with Crippen LogP contribution < -0.4 is 5.32 Å². The molecule has 0 atom stereocenters. The van der Waals surface area contributed by atoms with Crippen LogP contribution in [0.15, 0.2) is 48.5 Å². The fraction of sp³-hybridized carbons (Fsp3) is 0.429. The highest BCUT2D eigenvalue weighted by molar-refractivity contribution is 5.63. The Morgan fingerprint density at radius 1 is 0.870 bits per heavy atom. The first-order chi connectivity index (χ1) is 11.3. The molecule has 2 aromatic carbocycles. The molecular formula is C21H29NO. The van der Waals surface area contributed by atoms with Crippen molar-refractivity contribution < 1.29 is 4.74 Å². The van der Waals surface area contributed by atoms with Crippen LogP contribution in [-0.2, 0) is 11.3 Å². The molecule has 0 spiro atoms. The molecule has 0 radical (unpaired) electrons. The van der Waals surface area contributed by atoms with Crippen LogP contribution in [0.5, 0.6) is 0 Å². The van der Waals surface area contributed by atoms with E-state index in [9.17, 15) is 0 Å². The molecule has 0 heterocycles. The van der Waals surface area contributed by atoms with Gasteiger partial charge in [-0.05, 0) is 31.5 Å². The molecule has 23 heavy (non-hydrogen) atoms. The highest BCUT2D eigenvalue weighted by Gasteiger charge is 2.02. The standard InChI is InChI=1S/C21H29NO/c1-3-4-5-6-9-16-23-17-19-10-7-8-11-21(19)22-20-14-12-18(2)13-15-20/h7-8,10-15,22H,3-6,9,16-17H2,1-2H3. The average Bonchev–Trinajstić information content (AvgIpc) is 2.57. The van der Waals surface area contributed by atoms with Gasteiger partial charge in [-0.1, -0.05) is 68.5 Å². The van der Waals surface area contributed by atoms with E-state index in [1.807, 2.05) is 0 Å². The minimum Gasteiger partial charge on any atom is -0.377 e. The minimum absolute atomic E-state index is 0.669. The Bertz CT molecular complexity index is 562. The van der Waals surface area contributed by atoms with E-state index < -0.39 is 0 Å². The van der Waals surface area contributed by atoms with Crippen LogP contribution in [0.4, 0.5) is 11.4 Å². The van der Waals surface area contributed by atoms with Gasteiger partial charge in [0.2, 0.25) is 0 Å². The Labute approximate surface area is 140 Å². The number of para-hydroxylation sites is 1. The highest BCUT2D eigenvalue weighted by Crippen LogP contribution is 2.22. The summed E-state index contributed by atoms with van der Waals surface area (Å²) in [4.78, 5) is 0. The minimum atomic E-state index is 0.669. The van der Waals surface area contributed by atoms with Gasteiger partial charge < -0.3 is 10.1 Å². The molecular weight excluding hydrogens is 282 g/mol. The third kappa shape index (κ3) is 6.45. The van der Waals surface area contributed by atoms with E-state index in [0.29, 0.717) is 6.61 Å². The lowest BCUT2D eigenvalue weighted by molar-refractivity contribution is 0.117. The van der Waals surface area contributed by atoms with Crippen LogP contribution in [0, 0.1) is 6.92 Å². The summed E-state index contributed by atoms with van der Waals surface area (Å²) in [5.74, 6) is 0. The topological polar surface area (TPSA) is 21.3 Å². The van der Waals surface area contributed by atoms with E-state index >= 15 is 0 Å². The molecule has 0 bridgehead atoms. The molecule has 2 heteroatoms. The summed E-state index contributed by atoms with van der Waals surface area (Å²) in [6, 6.07) is 16.8. The number of nitrogens with one attached hydrogen (secondary N) is 1. The lowest BCUT2D eigenvalue weighted by Crippen LogP contribution is -2.00. The van der Waals surface area contributed by atoms with E-state index in [4.69, 9.17) is 4.74 Å². The number of aryl methyl sites for hydroxylation is 1. The van der Waals surface area contributed by atoms with Gasteiger partial charge in [0.05, 0.1) is 6.61 Å². The largest absolute Gasteiger partial charge is 0.377 e. The van der Waals surface area contributed by atoms with Gasteiger partial charge in [-0.15, -0.1) is 0 Å². The third-order valence-corrected chi connectivity index (χ3v) is 4.00. The smallest absolute Gasteiger partial charge is 0.0737 e. The summed E-state index contributed by atoms with van der Waals surface area (Å²) in [6.07, 6.45) is 6.39. The SMILES string of the molecule is CCCCCCCOCc1ccccc1Nc1ccc(C)cc1. The van der Waals surface area contributed by atoms with E-state index in [0.717, 1.165) is 24.4 Å². The second-order valence-electron chi connectivity index (χ2n) is 6.11. The number of unbranched alkanes of at least 4 members (excludes halogenated alkanes) is 4. The monoisotopic (exact) mass is 311 g/mol. The van der Waals surface area contributed by atoms with Crippen molar-refractivity contribution >= 4 is 11.4 Å². The summed E-state index contributed by atoms with van der Waals surface area (Å²) in [6.45, 7) is 5.87. The first-order valence-corrected chi connectivity index (χ1v) is 8.79. The fourth-order valence-corrected chi connectivity index (χ4v) is 2.55. The Morgan fingerprint density at radius 2 is 1.61 bits per heavy atom. The molecule has 0 saturated carbocycles. The Balaban J connectivity index is 1.81. The molecule has 2 aromatic rings. The van der Waals surface area contributed by atoms with E-state index in [2.05, 4.69) is 67.7 Å². The third-order valence-electron chi connectivity index (χ3n) is 4.00. The fourth-order valence-electron chi connectivity index (χ4n) is 2.55. The number of anilines is 2. The molecule has 0 amide bonds. The molecule has 0 fully saturated rings. The second-order valence-corrected chi connectivity index (χ2v) is 6.11. The van der Waals surface area contributed by atoms with Crippen LogP contribution in [0.25, 0.3) is 0 Å². The lowest BCUT2D eigenvalue weighted by atomic mass is 10.1. The van der Waals surface area contributed by atoms with Crippen LogP contribution in [0.2, 0.25) is 0 Å². The van der Waals surface area contributed by atoms with Gasteiger partial charge in [0.1, 0.15) is 0 Å². The maximum Gasteiger partial charge on any atom is 0.0737 e. The number of benzene rings is 2. The van der Waals surface area contributed by atoms with Gasteiger partial charge in [0.25, 0.3) is 0 Å². The van der Waals surface area contributed by atoms with Crippen molar-refractivity contribution in [2.75, 3.05) is 11.9 Å². The molecule has 0 aliphatic carbocycles. The van der Waals surface area contributed by atoms with Crippen molar-refractivity contribution in [3.63, 3.8) is 0 Å². The maximum atomic E-state index is 5.86. The quantitative estimate of drug-likeness (QED) is 0.525. The zero-order chi connectivity index (χ0) is 16.3. The van der Waals surface area contributed by atoms with Gasteiger partial charge in [0, 0.05) is 23.5 Å². The van der Waals surface area contributed by atoms with E-state index in [-0.39, 0.29) is 0 Å². The van der Waals surface area contributed by atoms with Crippen LogP contribution in [-0.4, -0.2) is 6.61 Å². The van der Waals surface area contributed by atoms with E-state index in [1.54, 1.807) is 0 Å². The second kappa shape index (κ2) is 10.1. The zero-order valence-electron chi connectivity index (χ0n) is 14.5. The van der Waals surface area contributed by atoms with Crippen LogP contribution in [0.1, 0.15) is 50.2 Å². The number of hydrogen-bond acceptors (Lipinski definition) is 2.